The third-order valence-electron chi connectivity index (χ3n) is 4.77. The number of nitrogens with zero attached hydrogens (tertiary/aromatic N) is 1. The number of imide groups is 1. The SMILES string of the molecule is CCOC(=O)c1c(C)[nH]c(C(=O)COC(=O)CCCN2C(=O)NC(C)(C)C2=O)c1C. The van der Waals surface area contributed by atoms with E-state index in [0.717, 1.165) is 4.90 Å². The van der Waals surface area contributed by atoms with E-state index in [4.69, 9.17) is 9.47 Å². The van der Waals surface area contributed by atoms with E-state index in [-0.39, 0.29) is 37.6 Å². The van der Waals surface area contributed by atoms with E-state index >= 15 is 0 Å². The lowest BCUT2D eigenvalue weighted by Crippen LogP contribution is -2.40. The zero-order valence-electron chi connectivity index (χ0n) is 17.8. The highest BCUT2D eigenvalue weighted by atomic mass is 16.5. The van der Waals surface area contributed by atoms with Gasteiger partial charge in [-0.05, 0) is 46.6 Å². The Bertz CT molecular complexity index is 885. The smallest absolute Gasteiger partial charge is 0.340 e. The summed E-state index contributed by atoms with van der Waals surface area (Å²) in [4.78, 5) is 64.1. The Morgan fingerprint density at radius 1 is 1.10 bits per heavy atom. The van der Waals surface area contributed by atoms with Gasteiger partial charge in [0.2, 0.25) is 5.78 Å². The molecule has 0 unspecified atom stereocenters. The van der Waals surface area contributed by atoms with Crippen molar-refractivity contribution in [2.24, 2.45) is 0 Å². The number of Topliss-reactive ketones (excluding diaryl/α,β-unsaturated/α-hetero) is 1. The van der Waals surface area contributed by atoms with Crippen LogP contribution in [0.5, 0.6) is 0 Å². The van der Waals surface area contributed by atoms with Gasteiger partial charge >= 0.3 is 18.0 Å². The maximum absolute atomic E-state index is 12.4. The second-order valence-corrected chi connectivity index (χ2v) is 7.54. The molecule has 1 fully saturated rings. The molecule has 30 heavy (non-hydrogen) atoms. The lowest BCUT2D eigenvalue weighted by Gasteiger charge is -2.15. The van der Waals surface area contributed by atoms with Gasteiger partial charge in [0, 0.05) is 18.7 Å². The molecule has 10 nitrogen and oxygen atoms in total. The first-order chi connectivity index (χ1) is 14.0. The summed E-state index contributed by atoms with van der Waals surface area (Å²) in [6.45, 7) is 7.96. The molecular weight excluding hydrogens is 394 g/mol. The largest absolute Gasteiger partial charge is 0.462 e. The average Bonchev–Trinajstić information content (AvgIpc) is 3.06. The summed E-state index contributed by atoms with van der Waals surface area (Å²) in [5, 5.41) is 2.56. The first kappa shape index (κ1) is 23.1. The van der Waals surface area contributed by atoms with Gasteiger partial charge in [-0.15, -0.1) is 0 Å². The molecule has 1 aliphatic rings. The average molecular weight is 421 g/mol. The first-order valence-electron chi connectivity index (χ1n) is 9.68. The van der Waals surface area contributed by atoms with Gasteiger partial charge in [0.25, 0.3) is 5.91 Å². The zero-order valence-corrected chi connectivity index (χ0v) is 17.8. The fourth-order valence-corrected chi connectivity index (χ4v) is 3.23. The first-order valence-corrected chi connectivity index (χ1v) is 9.68. The van der Waals surface area contributed by atoms with E-state index in [1.165, 1.54) is 0 Å². The van der Waals surface area contributed by atoms with Gasteiger partial charge in [-0.3, -0.25) is 19.3 Å². The fraction of sp³-hybridized carbons (Fsp3) is 0.550. The van der Waals surface area contributed by atoms with Crippen molar-refractivity contribution in [2.75, 3.05) is 19.8 Å². The Hall–Kier alpha value is -3.17. The van der Waals surface area contributed by atoms with Crippen LogP contribution in [0.2, 0.25) is 0 Å². The second-order valence-electron chi connectivity index (χ2n) is 7.54. The number of ketones is 1. The number of carbonyl (C=O) groups is 5. The predicted molar refractivity (Wildman–Crippen MR) is 105 cm³/mol. The Morgan fingerprint density at radius 3 is 2.33 bits per heavy atom. The Balaban J connectivity index is 1.85. The van der Waals surface area contributed by atoms with Gasteiger partial charge in [-0.25, -0.2) is 9.59 Å². The molecule has 1 aromatic rings. The van der Waals surface area contributed by atoms with Crippen molar-refractivity contribution in [1.29, 1.82) is 0 Å². The Labute approximate surface area is 174 Å². The van der Waals surface area contributed by atoms with E-state index in [2.05, 4.69) is 10.3 Å². The molecule has 0 aliphatic carbocycles. The Kier molecular flexibility index (Phi) is 7.01. The van der Waals surface area contributed by atoms with Gasteiger partial charge in [-0.1, -0.05) is 0 Å². The minimum absolute atomic E-state index is 0.0540. The van der Waals surface area contributed by atoms with Crippen LogP contribution in [0, 0.1) is 13.8 Å². The number of rotatable bonds is 9. The van der Waals surface area contributed by atoms with Gasteiger partial charge in [0.1, 0.15) is 5.54 Å². The van der Waals surface area contributed by atoms with E-state index < -0.39 is 35.9 Å². The van der Waals surface area contributed by atoms with E-state index in [1.54, 1.807) is 34.6 Å². The van der Waals surface area contributed by atoms with Gasteiger partial charge in [0.05, 0.1) is 17.9 Å². The predicted octanol–water partition coefficient (Wildman–Crippen LogP) is 1.64. The van der Waals surface area contributed by atoms with E-state index in [1.807, 2.05) is 0 Å². The number of amides is 3. The van der Waals surface area contributed by atoms with Crippen LogP contribution in [0.25, 0.3) is 0 Å². The highest BCUT2D eigenvalue weighted by Crippen LogP contribution is 2.20. The Morgan fingerprint density at radius 2 is 1.77 bits per heavy atom. The third kappa shape index (κ3) is 4.87. The molecule has 2 rings (SSSR count). The summed E-state index contributed by atoms with van der Waals surface area (Å²) in [5.74, 6) is -1.98. The number of ether oxygens (including phenoxy) is 2. The highest BCUT2D eigenvalue weighted by molar-refractivity contribution is 6.06. The summed E-state index contributed by atoms with van der Waals surface area (Å²) in [6, 6.07) is -0.497. The number of esters is 2. The van der Waals surface area contributed by atoms with Gasteiger partial charge < -0.3 is 19.8 Å². The van der Waals surface area contributed by atoms with E-state index in [0.29, 0.717) is 16.8 Å². The fourth-order valence-electron chi connectivity index (χ4n) is 3.23. The molecule has 2 heterocycles. The molecule has 0 saturated carbocycles. The molecule has 0 radical (unpaired) electrons. The molecule has 10 heteroatoms. The standard InChI is InChI=1S/C20H27N3O7/c1-6-29-17(26)15-11(2)16(21-12(15)3)13(24)10-30-14(25)8-7-9-23-18(27)20(4,5)22-19(23)28/h21H,6-10H2,1-5H3,(H,22,28). The number of aryl methyl sites for hydroxylation is 1. The maximum Gasteiger partial charge on any atom is 0.340 e. The summed E-state index contributed by atoms with van der Waals surface area (Å²) in [5.41, 5.74) is 0.455. The van der Waals surface area contributed by atoms with Crippen LogP contribution in [0.3, 0.4) is 0 Å². The summed E-state index contributed by atoms with van der Waals surface area (Å²) < 4.78 is 9.98. The van der Waals surface area contributed by atoms with Gasteiger partial charge in [0.15, 0.2) is 6.61 Å². The molecule has 164 valence electrons. The number of urea groups is 1. The summed E-state index contributed by atoms with van der Waals surface area (Å²) >= 11 is 0. The molecule has 3 amide bonds. The molecule has 0 bridgehead atoms. The highest BCUT2D eigenvalue weighted by Gasteiger charge is 2.43. The number of hydrogen-bond donors (Lipinski definition) is 2. The third-order valence-corrected chi connectivity index (χ3v) is 4.77. The molecule has 1 aliphatic heterocycles. The van der Waals surface area contributed by atoms with Crippen LogP contribution in [0.1, 0.15) is 65.7 Å². The monoisotopic (exact) mass is 421 g/mol. The molecule has 0 atom stereocenters. The van der Waals surface area contributed by atoms with Crippen LogP contribution >= 0.6 is 0 Å². The van der Waals surface area contributed by atoms with Crippen LogP contribution < -0.4 is 5.32 Å². The minimum Gasteiger partial charge on any atom is -0.462 e. The zero-order chi connectivity index (χ0) is 22.6. The normalized spacial score (nSPS) is 15.2. The summed E-state index contributed by atoms with van der Waals surface area (Å²) in [6.07, 6.45) is 0.164. The van der Waals surface area contributed by atoms with Crippen molar-refractivity contribution in [3.8, 4) is 0 Å². The number of hydrogen-bond acceptors (Lipinski definition) is 7. The second kappa shape index (κ2) is 9.10. The number of nitrogens with one attached hydrogen (secondary N) is 2. The van der Waals surface area contributed by atoms with Crippen molar-refractivity contribution < 1.29 is 33.4 Å². The molecular formula is C20H27N3O7. The van der Waals surface area contributed by atoms with E-state index in [9.17, 15) is 24.0 Å². The molecule has 2 N–H and O–H groups in total. The maximum atomic E-state index is 12.4. The van der Waals surface area contributed by atoms with Crippen LogP contribution in [-0.4, -0.2) is 64.8 Å². The van der Waals surface area contributed by atoms with Crippen molar-refractivity contribution >= 4 is 29.7 Å². The van der Waals surface area contributed by atoms with Crippen LogP contribution in [0.15, 0.2) is 0 Å². The van der Waals surface area contributed by atoms with Crippen molar-refractivity contribution in [1.82, 2.24) is 15.2 Å². The van der Waals surface area contributed by atoms with Crippen LogP contribution in [0.4, 0.5) is 4.79 Å². The number of carbonyl (C=O) groups excluding carboxylic acids is 5. The lowest BCUT2D eigenvalue weighted by molar-refractivity contribution is -0.143. The molecule has 1 aromatic heterocycles. The topological polar surface area (TPSA) is 135 Å². The van der Waals surface area contributed by atoms with Crippen molar-refractivity contribution in [2.45, 2.75) is 53.0 Å². The molecule has 1 saturated heterocycles. The quantitative estimate of drug-likeness (QED) is 0.352. The van der Waals surface area contributed by atoms with Gasteiger partial charge in [-0.2, -0.15) is 0 Å². The summed E-state index contributed by atoms with van der Waals surface area (Å²) in [7, 11) is 0. The number of aromatic nitrogens is 1. The minimum atomic E-state index is -0.960. The van der Waals surface area contributed by atoms with Crippen LogP contribution in [-0.2, 0) is 19.1 Å². The number of H-pyrrole nitrogens is 1. The molecule has 0 spiro atoms. The van der Waals surface area contributed by atoms with Crippen molar-refractivity contribution in [3.05, 3.63) is 22.5 Å². The van der Waals surface area contributed by atoms with Crippen molar-refractivity contribution in [3.63, 3.8) is 0 Å². The lowest BCUT2D eigenvalue weighted by atomic mass is 10.1. The molecule has 0 aromatic carbocycles. The number of aromatic amines is 1.